The molecule has 3 fully saturated rings. The van der Waals surface area contributed by atoms with Crippen LogP contribution in [-0.4, -0.2) is 155 Å². The van der Waals surface area contributed by atoms with Gasteiger partial charge in [0.1, 0.15) is 23.9 Å². The second kappa shape index (κ2) is 19.3. The SMILES string of the molecule is C=CCO[C@]1(C)C[C@@H](C)NC(=O)[C@H](C)[C@@H](O)[C@](C)(O)[C@@H](CC)OC(=O)[C@H](C)[C@@H](O[C@H]2C[C@@](C)(OC)[C@@H](O)[C@H](C)O2)[C@H](C)[C@H]1O[C@@H]1O[C@H](C)C[C@H](N(C)C)[C@H]1O. The lowest BCUT2D eigenvalue weighted by Gasteiger charge is -2.49. The third-order valence-electron chi connectivity index (χ3n) is 12.2. The van der Waals surface area contributed by atoms with Crippen molar-refractivity contribution in [2.24, 2.45) is 17.8 Å². The Balaban J connectivity index is 2.27. The molecule has 320 valence electrons. The van der Waals surface area contributed by atoms with Crippen molar-refractivity contribution < 1.29 is 63.2 Å². The van der Waals surface area contributed by atoms with Gasteiger partial charge in [-0.3, -0.25) is 9.59 Å². The Bertz CT molecular complexity index is 1270. The van der Waals surface area contributed by atoms with E-state index in [1.165, 1.54) is 21.0 Å². The molecule has 0 aliphatic carbocycles. The van der Waals surface area contributed by atoms with Crippen LogP contribution in [0.3, 0.4) is 0 Å². The summed E-state index contributed by atoms with van der Waals surface area (Å²) in [5.74, 6) is -4.15. The summed E-state index contributed by atoms with van der Waals surface area (Å²) in [6.45, 7) is 21.0. The highest BCUT2D eigenvalue weighted by Crippen LogP contribution is 2.41. The summed E-state index contributed by atoms with van der Waals surface area (Å²) in [4.78, 5) is 29.9. The zero-order chi connectivity index (χ0) is 41.8. The maximum Gasteiger partial charge on any atom is 0.311 e. The minimum atomic E-state index is -2.01. The van der Waals surface area contributed by atoms with Crippen molar-refractivity contribution in [2.45, 2.75) is 185 Å². The van der Waals surface area contributed by atoms with Crippen molar-refractivity contribution >= 4 is 11.9 Å². The molecule has 15 heteroatoms. The number of likely N-dealkylation sites (N-methyl/N-ethyl adjacent to an activating group) is 1. The molecule has 0 radical (unpaired) electrons. The van der Waals surface area contributed by atoms with Gasteiger partial charge in [0.2, 0.25) is 5.91 Å². The molecule has 0 aromatic rings. The first-order chi connectivity index (χ1) is 25.5. The number of hydrogen-bond donors (Lipinski definition) is 5. The van der Waals surface area contributed by atoms with Crippen molar-refractivity contribution in [1.29, 1.82) is 0 Å². The van der Waals surface area contributed by atoms with Crippen LogP contribution in [-0.2, 0) is 42.7 Å². The third-order valence-corrected chi connectivity index (χ3v) is 12.2. The molecular weight excluding hydrogens is 716 g/mol. The Morgan fingerprint density at radius 2 is 1.58 bits per heavy atom. The van der Waals surface area contributed by atoms with Crippen LogP contribution in [0.4, 0.5) is 0 Å². The number of rotatable bonds is 10. The van der Waals surface area contributed by atoms with E-state index in [1.807, 2.05) is 39.8 Å². The molecule has 18 atom stereocenters. The number of carbonyl (C=O) groups excluding carboxylic acids is 2. The van der Waals surface area contributed by atoms with E-state index >= 15 is 0 Å². The topological polar surface area (TPSA) is 195 Å². The second-order valence-corrected chi connectivity index (χ2v) is 17.1. The van der Waals surface area contributed by atoms with E-state index in [4.69, 9.17) is 33.2 Å². The van der Waals surface area contributed by atoms with Crippen molar-refractivity contribution in [2.75, 3.05) is 27.8 Å². The Hall–Kier alpha value is -1.76. The first kappa shape index (κ1) is 47.6. The van der Waals surface area contributed by atoms with Gasteiger partial charge in [0.05, 0.1) is 60.2 Å². The first-order valence-electron chi connectivity index (χ1n) is 19.8. The minimum absolute atomic E-state index is 0.0845. The summed E-state index contributed by atoms with van der Waals surface area (Å²) in [6.07, 6.45) is -7.38. The molecule has 3 aliphatic rings. The number of hydrogen-bond acceptors (Lipinski definition) is 14. The van der Waals surface area contributed by atoms with E-state index in [2.05, 4.69) is 11.9 Å². The van der Waals surface area contributed by atoms with Crippen LogP contribution in [0.5, 0.6) is 0 Å². The second-order valence-electron chi connectivity index (χ2n) is 17.1. The molecule has 3 aliphatic heterocycles. The smallest absolute Gasteiger partial charge is 0.311 e. The lowest BCUT2D eigenvalue weighted by atomic mass is 9.78. The summed E-state index contributed by atoms with van der Waals surface area (Å²) < 4.78 is 44.5. The van der Waals surface area contributed by atoms with Crippen LogP contribution in [0, 0.1) is 17.8 Å². The molecule has 0 bridgehead atoms. The molecule has 0 unspecified atom stereocenters. The summed E-state index contributed by atoms with van der Waals surface area (Å²) in [5.41, 5.74) is -4.32. The van der Waals surface area contributed by atoms with Gasteiger partial charge in [-0.05, 0) is 81.8 Å². The summed E-state index contributed by atoms with van der Waals surface area (Å²) in [6, 6.07) is -0.869. The number of esters is 1. The number of amides is 1. The number of nitrogens with zero attached hydrogens (tertiary/aromatic N) is 1. The Labute approximate surface area is 328 Å². The van der Waals surface area contributed by atoms with Crippen molar-refractivity contribution in [3.05, 3.63) is 12.7 Å². The van der Waals surface area contributed by atoms with Gasteiger partial charge in [-0.1, -0.05) is 26.8 Å². The van der Waals surface area contributed by atoms with Crippen LogP contribution in [0.2, 0.25) is 0 Å². The zero-order valence-electron chi connectivity index (χ0n) is 35.4. The Morgan fingerprint density at radius 1 is 0.945 bits per heavy atom. The highest BCUT2D eigenvalue weighted by molar-refractivity contribution is 5.79. The predicted molar refractivity (Wildman–Crippen MR) is 204 cm³/mol. The highest BCUT2D eigenvalue weighted by Gasteiger charge is 2.53. The van der Waals surface area contributed by atoms with Crippen LogP contribution < -0.4 is 5.32 Å². The molecule has 15 nitrogen and oxygen atoms in total. The summed E-state index contributed by atoms with van der Waals surface area (Å²) in [7, 11) is 5.26. The fourth-order valence-corrected chi connectivity index (χ4v) is 8.64. The molecular formula is C40H72N2O13. The van der Waals surface area contributed by atoms with Gasteiger partial charge in [-0.15, -0.1) is 6.58 Å². The molecule has 0 aromatic carbocycles. The molecule has 0 aromatic heterocycles. The average Bonchev–Trinajstić information content (AvgIpc) is 3.12. The monoisotopic (exact) mass is 789 g/mol. The quantitative estimate of drug-likeness (QED) is 0.160. The van der Waals surface area contributed by atoms with E-state index in [1.54, 1.807) is 40.7 Å². The van der Waals surface area contributed by atoms with Crippen molar-refractivity contribution in [3.8, 4) is 0 Å². The molecule has 55 heavy (non-hydrogen) atoms. The molecule has 5 N–H and O–H groups in total. The summed E-state index contributed by atoms with van der Waals surface area (Å²) >= 11 is 0. The summed E-state index contributed by atoms with van der Waals surface area (Å²) in [5, 5.41) is 48.7. The lowest BCUT2D eigenvalue weighted by Crippen LogP contribution is -2.61. The number of methoxy groups -OCH3 is 1. The maximum absolute atomic E-state index is 14.3. The van der Waals surface area contributed by atoms with Gasteiger partial charge in [-0.2, -0.15) is 0 Å². The van der Waals surface area contributed by atoms with Gasteiger partial charge >= 0.3 is 5.97 Å². The average molecular weight is 789 g/mol. The van der Waals surface area contributed by atoms with E-state index in [0.717, 1.165) is 0 Å². The number of nitrogens with one attached hydrogen (secondary N) is 1. The Kier molecular flexibility index (Phi) is 16.7. The van der Waals surface area contributed by atoms with E-state index < -0.39 is 108 Å². The standard InChI is InChI=1S/C40H72N2O13/c1-15-17-50-39(10)19-21(3)41-35(46)25(7)32(44)40(11,48)28(16-2)53-36(47)24(6)31(54-29-20-38(9,49-14)33(45)26(8)52-29)23(5)34(39)55-37-30(43)27(42(12)13)18-22(4)51-37/h15,21-34,37,43-45,48H,1,16-20H2,2-14H3,(H,41,46)/t21-,22-,23+,24-,25-,26+,27+,28-,29+,30-,31+,32-,33+,34-,37+,38-,39-,40-/m1/s1. The van der Waals surface area contributed by atoms with Gasteiger partial charge < -0.3 is 63.8 Å². The predicted octanol–water partition coefficient (Wildman–Crippen LogP) is 2.30. The number of ether oxygens (including phenoxy) is 7. The van der Waals surface area contributed by atoms with Crippen molar-refractivity contribution in [1.82, 2.24) is 10.2 Å². The Morgan fingerprint density at radius 3 is 2.15 bits per heavy atom. The van der Waals surface area contributed by atoms with Crippen LogP contribution >= 0.6 is 0 Å². The van der Waals surface area contributed by atoms with Gasteiger partial charge in [0.15, 0.2) is 12.6 Å². The van der Waals surface area contributed by atoms with Crippen LogP contribution in [0.1, 0.15) is 94.9 Å². The first-order valence-corrected chi connectivity index (χ1v) is 19.8. The van der Waals surface area contributed by atoms with E-state index in [0.29, 0.717) is 6.42 Å². The largest absolute Gasteiger partial charge is 0.459 e. The molecule has 0 saturated carbocycles. The lowest BCUT2D eigenvalue weighted by molar-refractivity contribution is -0.320. The molecule has 3 heterocycles. The van der Waals surface area contributed by atoms with Crippen LogP contribution in [0.25, 0.3) is 0 Å². The van der Waals surface area contributed by atoms with Gasteiger partial charge in [-0.25, -0.2) is 0 Å². The van der Waals surface area contributed by atoms with E-state index in [-0.39, 0.29) is 38.0 Å². The molecule has 1 amide bonds. The highest BCUT2D eigenvalue weighted by atomic mass is 16.7. The normalized spacial score (nSPS) is 47.0. The minimum Gasteiger partial charge on any atom is -0.459 e. The van der Waals surface area contributed by atoms with Gasteiger partial charge in [0, 0.05) is 31.5 Å². The van der Waals surface area contributed by atoms with Crippen molar-refractivity contribution in [3.63, 3.8) is 0 Å². The molecule has 0 spiro atoms. The third kappa shape index (κ3) is 10.8. The fraction of sp³-hybridized carbons (Fsp3) is 0.900. The number of aliphatic hydroxyl groups is 4. The number of aliphatic hydroxyl groups excluding tert-OH is 3. The number of cyclic esters (lactones) is 1. The zero-order valence-corrected chi connectivity index (χ0v) is 35.4. The maximum atomic E-state index is 14.3. The fourth-order valence-electron chi connectivity index (χ4n) is 8.64. The number of carbonyl (C=O) groups is 2. The van der Waals surface area contributed by atoms with Crippen LogP contribution in [0.15, 0.2) is 12.7 Å². The molecule has 3 rings (SSSR count). The molecule has 3 saturated heterocycles. The van der Waals surface area contributed by atoms with Gasteiger partial charge in [0.25, 0.3) is 0 Å². The van der Waals surface area contributed by atoms with E-state index in [9.17, 15) is 30.0 Å².